The molecule has 0 aromatic heterocycles. The number of rotatable bonds is 8. The molecule has 1 aromatic carbocycles. The van der Waals surface area contributed by atoms with E-state index in [4.69, 9.17) is 0 Å². The van der Waals surface area contributed by atoms with E-state index >= 15 is 0 Å². The number of carbonyl (C=O) groups excluding carboxylic acids is 1. The molecule has 25 heavy (non-hydrogen) atoms. The number of nitrogens with one attached hydrogen (secondary N) is 1. The molecule has 4 heteroatoms. The number of piperazine rings is 1. The van der Waals surface area contributed by atoms with Gasteiger partial charge in [0.05, 0.1) is 19.6 Å². The fourth-order valence-electron chi connectivity index (χ4n) is 4.07. The van der Waals surface area contributed by atoms with E-state index in [2.05, 4.69) is 68.4 Å². The molecule has 1 saturated heterocycles. The van der Waals surface area contributed by atoms with E-state index in [1.54, 1.807) is 0 Å². The Labute approximate surface area is 153 Å². The van der Waals surface area contributed by atoms with Gasteiger partial charge in [-0.2, -0.15) is 0 Å². The molecule has 140 valence electrons. The highest BCUT2D eigenvalue weighted by molar-refractivity contribution is 5.78. The first kappa shape index (κ1) is 19.9. The van der Waals surface area contributed by atoms with Crippen molar-refractivity contribution in [2.24, 2.45) is 5.92 Å². The standard InChI is InChI=1S/C21H36N3O/c1-17(2)11-12-23-18(3)15-24(5,16-21(23)25)20(14-22-4)13-19-9-7-6-8-10-19/h6-10,17-18,20,22H,11-16H2,1-5H3/q+1. The molecule has 1 N–H and O–H groups in total. The van der Waals surface area contributed by atoms with Gasteiger partial charge in [-0.3, -0.25) is 4.79 Å². The van der Waals surface area contributed by atoms with E-state index < -0.39 is 0 Å². The zero-order valence-corrected chi connectivity index (χ0v) is 16.7. The van der Waals surface area contributed by atoms with Gasteiger partial charge in [-0.25, -0.2) is 0 Å². The van der Waals surface area contributed by atoms with Crippen molar-refractivity contribution in [1.82, 2.24) is 10.2 Å². The van der Waals surface area contributed by atoms with Crippen molar-refractivity contribution in [3.63, 3.8) is 0 Å². The number of hydrogen-bond acceptors (Lipinski definition) is 2. The Hall–Kier alpha value is -1.39. The van der Waals surface area contributed by atoms with Gasteiger partial charge in [-0.15, -0.1) is 0 Å². The topological polar surface area (TPSA) is 32.3 Å². The van der Waals surface area contributed by atoms with Crippen LogP contribution in [0.3, 0.4) is 0 Å². The lowest BCUT2D eigenvalue weighted by molar-refractivity contribution is -0.930. The van der Waals surface area contributed by atoms with Gasteiger partial charge in [0, 0.05) is 19.5 Å². The summed E-state index contributed by atoms with van der Waals surface area (Å²) in [6.07, 6.45) is 2.09. The Balaban J connectivity index is 2.11. The van der Waals surface area contributed by atoms with E-state index in [0.29, 0.717) is 30.5 Å². The van der Waals surface area contributed by atoms with Gasteiger partial charge in [-0.05, 0) is 31.9 Å². The van der Waals surface area contributed by atoms with Crippen LogP contribution in [0.1, 0.15) is 32.8 Å². The summed E-state index contributed by atoms with van der Waals surface area (Å²) in [5, 5.41) is 3.35. The van der Waals surface area contributed by atoms with Crippen LogP contribution in [-0.4, -0.2) is 67.6 Å². The summed E-state index contributed by atoms with van der Waals surface area (Å²) in [7, 11) is 4.27. The lowest BCUT2D eigenvalue weighted by atomic mass is 9.99. The van der Waals surface area contributed by atoms with Gasteiger partial charge in [0.25, 0.3) is 5.91 Å². The highest BCUT2D eigenvalue weighted by atomic mass is 16.2. The molecule has 1 amide bonds. The number of likely N-dealkylation sites (N-methyl/N-ethyl adjacent to an activating group) is 2. The molecule has 1 aromatic rings. The predicted octanol–water partition coefficient (Wildman–Crippen LogP) is 2.54. The minimum Gasteiger partial charge on any atom is -0.329 e. The van der Waals surface area contributed by atoms with Crippen LogP contribution >= 0.6 is 0 Å². The smallest absolute Gasteiger partial charge is 0.278 e. The highest BCUT2D eigenvalue weighted by Gasteiger charge is 2.43. The first-order valence-corrected chi connectivity index (χ1v) is 9.68. The predicted molar refractivity (Wildman–Crippen MR) is 104 cm³/mol. The molecule has 1 aliphatic heterocycles. The molecule has 0 saturated carbocycles. The maximum absolute atomic E-state index is 12.9. The van der Waals surface area contributed by atoms with Crippen molar-refractivity contribution < 1.29 is 9.28 Å². The van der Waals surface area contributed by atoms with E-state index in [0.717, 1.165) is 37.0 Å². The number of nitrogens with zero attached hydrogens (tertiary/aromatic N) is 2. The summed E-state index contributed by atoms with van der Waals surface area (Å²) < 4.78 is 0.827. The maximum atomic E-state index is 12.9. The van der Waals surface area contributed by atoms with Gasteiger partial charge in [0.15, 0.2) is 6.54 Å². The second-order valence-electron chi connectivity index (χ2n) is 8.34. The van der Waals surface area contributed by atoms with Crippen molar-refractivity contribution in [2.75, 3.05) is 40.3 Å². The summed E-state index contributed by atoms with van der Waals surface area (Å²) in [6.45, 7) is 10.1. The van der Waals surface area contributed by atoms with Crippen molar-refractivity contribution >= 4 is 5.91 Å². The number of amides is 1. The van der Waals surface area contributed by atoms with Crippen LogP contribution in [0.25, 0.3) is 0 Å². The van der Waals surface area contributed by atoms with Gasteiger partial charge < -0.3 is 14.7 Å². The van der Waals surface area contributed by atoms with Gasteiger partial charge in [-0.1, -0.05) is 44.2 Å². The zero-order chi connectivity index (χ0) is 18.4. The van der Waals surface area contributed by atoms with Crippen LogP contribution in [-0.2, 0) is 11.2 Å². The molecule has 3 unspecified atom stereocenters. The van der Waals surface area contributed by atoms with Crippen LogP contribution in [0.2, 0.25) is 0 Å². The molecule has 0 radical (unpaired) electrons. The van der Waals surface area contributed by atoms with Gasteiger partial charge >= 0.3 is 0 Å². The molecule has 0 aliphatic carbocycles. The maximum Gasteiger partial charge on any atom is 0.278 e. The molecule has 2 rings (SSSR count). The van der Waals surface area contributed by atoms with Crippen LogP contribution in [0.5, 0.6) is 0 Å². The van der Waals surface area contributed by atoms with E-state index in [1.165, 1.54) is 5.56 Å². The molecule has 3 atom stereocenters. The average molecular weight is 347 g/mol. The number of hydrogen-bond donors (Lipinski definition) is 1. The average Bonchev–Trinajstić information content (AvgIpc) is 2.54. The van der Waals surface area contributed by atoms with Crippen molar-refractivity contribution in [3.8, 4) is 0 Å². The number of quaternary nitrogens is 1. The minimum atomic E-state index is 0.306. The third kappa shape index (κ3) is 5.29. The fourth-order valence-corrected chi connectivity index (χ4v) is 4.07. The monoisotopic (exact) mass is 346 g/mol. The van der Waals surface area contributed by atoms with E-state index in [9.17, 15) is 4.79 Å². The quantitative estimate of drug-likeness (QED) is 0.734. The van der Waals surface area contributed by atoms with E-state index in [-0.39, 0.29) is 0 Å². The second-order valence-corrected chi connectivity index (χ2v) is 8.34. The van der Waals surface area contributed by atoms with Crippen molar-refractivity contribution in [3.05, 3.63) is 35.9 Å². The number of benzene rings is 1. The summed E-state index contributed by atoms with van der Waals surface area (Å²) >= 11 is 0. The highest BCUT2D eigenvalue weighted by Crippen LogP contribution is 2.23. The van der Waals surface area contributed by atoms with Gasteiger partial charge in [0.1, 0.15) is 6.04 Å². The largest absolute Gasteiger partial charge is 0.329 e. The Bertz CT molecular complexity index is 545. The third-order valence-electron chi connectivity index (χ3n) is 5.61. The van der Waals surface area contributed by atoms with Crippen LogP contribution in [0, 0.1) is 5.92 Å². The van der Waals surface area contributed by atoms with Crippen LogP contribution in [0.4, 0.5) is 0 Å². The summed E-state index contributed by atoms with van der Waals surface area (Å²) in [5.41, 5.74) is 1.35. The van der Waals surface area contributed by atoms with Gasteiger partial charge in [0.2, 0.25) is 0 Å². The fraction of sp³-hybridized carbons (Fsp3) is 0.667. The Morgan fingerprint density at radius 2 is 1.96 bits per heavy atom. The summed E-state index contributed by atoms with van der Waals surface area (Å²) in [5.74, 6) is 0.953. The lowest BCUT2D eigenvalue weighted by Gasteiger charge is -2.49. The van der Waals surface area contributed by atoms with Crippen LogP contribution < -0.4 is 5.32 Å². The third-order valence-corrected chi connectivity index (χ3v) is 5.61. The summed E-state index contributed by atoms with van der Waals surface area (Å²) in [4.78, 5) is 15.0. The van der Waals surface area contributed by atoms with Crippen molar-refractivity contribution in [2.45, 2.75) is 45.7 Å². The Kier molecular flexibility index (Phi) is 7.03. The molecule has 1 aliphatic rings. The molecule has 1 fully saturated rings. The lowest BCUT2D eigenvalue weighted by Crippen LogP contribution is -2.68. The SMILES string of the molecule is CNCC(Cc1ccccc1)[N+]1(C)CC(=O)N(CCC(C)C)C(C)C1. The molecule has 0 spiro atoms. The van der Waals surface area contributed by atoms with E-state index in [1.807, 2.05) is 7.05 Å². The Morgan fingerprint density at radius 3 is 2.52 bits per heavy atom. The normalized spacial score (nSPS) is 25.4. The minimum absolute atomic E-state index is 0.306. The first-order valence-electron chi connectivity index (χ1n) is 9.68. The van der Waals surface area contributed by atoms with Crippen molar-refractivity contribution in [1.29, 1.82) is 0 Å². The molecule has 4 nitrogen and oxygen atoms in total. The Morgan fingerprint density at radius 1 is 1.28 bits per heavy atom. The number of carbonyl (C=O) groups is 1. The molecular weight excluding hydrogens is 310 g/mol. The first-order chi connectivity index (χ1) is 11.9. The molecule has 0 bridgehead atoms. The second kappa shape index (κ2) is 8.81. The molecular formula is C21H36N3O+. The zero-order valence-electron chi connectivity index (χ0n) is 16.7. The molecule has 1 heterocycles. The van der Waals surface area contributed by atoms with Crippen LogP contribution in [0.15, 0.2) is 30.3 Å². The summed E-state index contributed by atoms with van der Waals surface area (Å²) in [6, 6.07) is 11.4.